The van der Waals surface area contributed by atoms with Crippen LogP contribution in [0.5, 0.6) is 0 Å². The Labute approximate surface area is 83.8 Å². The smallest absolute Gasteiger partial charge is 0.157 e. The van der Waals surface area contributed by atoms with E-state index in [1.165, 1.54) is 5.69 Å². The summed E-state index contributed by atoms with van der Waals surface area (Å²) in [5.74, 6) is 0.159. The first kappa shape index (κ1) is 9.00. The Balaban J connectivity index is 2.50. The average Bonchev–Trinajstić information content (AvgIpc) is 2.17. The van der Waals surface area contributed by atoms with E-state index in [0.29, 0.717) is 6.54 Å². The summed E-state index contributed by atoms with van der Waals surface area (Å²) >= 11 is 0. The first-order chi connectivity index (χ1) is 6.68. The number of likely N-dealkylation sites (N-methyl/N-ethyl adjacent to an activating group) is 1. The predicted molar refractivity (Wildman–Crippen MR) is 58.4 cm³/mol. The van der Waals surface area contributed by atoms with Gasteiger partial charge in [-0.05, 0) is 24.6 Å². The maximum absolute atomic E-state index is 11.3. The average molecular weight is 187 g/mol. The van der Waals surface area contributed by atoms with E-state index in [9.17, 15) is 4.79 Å². The monoisotopic (exact) mass is 187 g/mol. The maximum atomic E-state index is 11.3. The normalized spacial score (nSPS) is 14.7. The van der Waals surface area contributed by atoms with E-state index < -0.39 is 0 Å². The summed E-state index contributed by atoms with van der Waals surface area (Å²) in [6, 6.07) is 8.12. The molecule has 2 heteroatoms. The number of carbonyl (C=O) groups excluding carboxylic acids is 1. The fourth-order valence-electron chi connectivity index (χ4n) is 1.74. The molecule has 2 nitrogen and oxygen atoms in total. The molecule has 0 spiro atoms. The van der Waals surface area contributed by atoms with Gasteiger partial charge in [0, 0.05) is 24.9 Å². The summed E-state index contributed by atoms with van der Waals surface area (Å²) in [6.07, 6.45) is 1.98. The highest BCUT2D eigenvalue weighted by Crippen LogP contribution is 2.27. The van der Waals surface area contributed by atoms with Crippen LogP contribution in [-0.4, -0.2) is 19.4 Å². The summed E-state index contributed by atoms with van der Waals surface area (Å²) in [6.45, 7) is 2.33. The lowest BCUT2D eigenvalue weighted by molar-refractivity contribution is -0.113. The number of hydrogen-bond acceptors (Lipinski definition) is 2. The standard InChI is InChI=1S/C12H13NO/c1-9(14)11-7-10-5-3-4-6-12(10)13(2)8-11/h3-7H,8H2,1-2H3. The summed E-state index contributed by atoms with van der Waals surface area (Å²) in [5.41, 5.74) is 3.20. The van der Waals surface area contributed by atoms with Crippen LogP contribution in [0.25, 0.3) is 6.08 Å². The minimum Gasteiger partial charge on any atom is -0.370 e. The molecule has 1 aliphatic rings. The van der Waals surface area contributed by atoms with Crippen LogP contribution in [-0.2, 0) is 4.79 Å². The van der Waals surface area contributed by atoms with Gasteiger partial charge in [-0.3, -0.25) is 4.79 Å². The maximum Gasteiger partial charge on any atom is 0.157 e. The predicted octanol–water partition coefficient (Wildman–Crippen LogP) is 2.11. The Hall–Kier alpha value is -1.57. The number of para-hydroxylation sites is 1. The fraction of sp³-hybridized carbons (Fsp3) is 0.250. The molecule has 0 bridgehead atoms. The first-order valence-electron chi connectivity index (χ1n) is 4.70. The Bertz CT molecular complexity index is 407. The molecule has 0 amide bonds. The summed E-state index contributed by atoms with van der Waals surface area (Å²) in [4.78, 5) is 13.4. The van der Waals surface area contributed by atoms with Gasteiger partial charge in [0.05, 0.1) is 0 Å². The number of nitrogens with zero attached hydrogens (tertiary/aromatic N) is 1. The van der Waals surface area contributed by atoms with Crippen LogP contribution in [0.2, 0.25) is 0 Å². The fourth-order valence-corrected chi connectivity index (χ4v) is 1.74. The molecule has 0 atom stereocenters. The van der Waals surface area contributed by atoms with Gasteiger partial charge in [0.25, 0.3) is 0 Å². The van der Waals surface area contributed by atoms with Crippen molar-refractivity contribution < 1.29 is 4.79 Å². The van der Waals surface area contributed by atoms with E-state index in [-0.39, 0.29) is 5.78 Å². The van der Waals surface area contributed by atoms with Crippen molar-refractivity contribution in [3.8, 4) is 0 Å². The Kier molecular flexibility index (Phi) is 2.12. The zero-order valence-electron chi connectivity index (χ0n) is 8.45. The summed E-state index contributed by atoms with van der Waals surface area (Å²) < 4.78 is 0. The second kappa shape index (κ2) is 3.29. The van der Waals surface area contributed by atoms with Gasteiger partial charge in [-0.15, -0.1) is 0 Å². The van der Waals surface area contributed by atoms with Crippen LogP contribution in [0, 0.1) is 0 Å². The van der Waals surface area contributed by atoms with Gasteiger partial charge in [0.15, 0.2) is 5.78 Å². The van der Waals surface area contributed by atoms with Crippen molar-refractivity contribution in [2.24, 2.45) is 0 Å². The van der Waals surface area contributed by atoms with E-state index in [2.05, 4.69) is 11.0 Å². The van der Waals surface area contributed by atoms with Gasteiger partial charge in [-0.1, -0.05) is 18.2 Å². The van der Waals surface area contributed by atoms with Crippen molar-refractivity contribution in [1.29, 1.82) is 0 Å². The molecule has 72 valence electrons. The van der Waals surface area contributed by atoms with Gasteiger partial charge < -0.3 is 4.90 Å². The van der Waals surface area contributed by atoms with Crippen LogP contribution >= 0.6 is 0 Å². The molecule has 0 aliphatic carbocycles. The third-order valence-corrected chi connectivity index (χ3v) is 2.54. The van der Waals surface area contributed by atoms with Crippen molar-refractivity contribution in [3.05, 3.63) is 35.4 Å². The van der Waals surface area contributed by atoms with Gasteiger partial charge in [-0.25, -0.2) is 0 Å². The molecule has 0 radical (unpaired) electrons. The number of hydrogen-bond donors (Lipinski definition) is 0. The molecule has 0 saturated carbocycles. The van der Waals surface area contributed by atoms with Crippen molar-refractivity contribution >= 4 is 17.5 Å². The van der Waals surface area contributed by atoms with Gasteiger partial charge in [0.2, 0.25) is 0 Å². The second-order valence-corrected chi connectivity index (χ2v) is 3.64. The summed E-state index contributed by atoms with van der Waals surface area (Å²) in [7, 11) is 2.01. The van der Waals surface area contributed by atoms with Crippen LogP contribution in [0.15, 0.2) is 29.8 Å². The third-order valence-electron chi connectivity index (χ3n) is 2.54. The lowest BCUT2D eigenvalue weighted by Gasteiger charge is -2.26. The van der Waals surface area contributed by atoms with Crippen LogP contribution in [0.3, 0.4) is 0 Å². The van der Waals surface area contributed by atoms with Gasteiger partial charge in [-0.2, -0.15) is 0 Å². The molecular weight excluding hydrogens is 174 g/mol. The molecule has 0 N–H and O–H groups in total. The van der Waals surface area contributed by atoms with Crippen LogP contribution < -0.4 is 4.90 Å². The first-order valence-corrected chi connectivity index (χ1v) is 4.70. The minimum atomic E-state index is 0.159. The molecular formula is C12H13NO. The molecule has 0 fully saturated rings. The molecule has 1 aromatic rings. The largest absolute Gasteiger partial charge is 0.370 e. The van der Waals surface area contributed by atoms with Crippen LogP contribution in [0.1, 0.15) is 12.5 Å². The quantitative estimate of drug-likeness (QED) is 0.671. The zero-order valence-corrected chi connectivity index (χ0v) is 8.45. The molecule has 1 heterocycles. The zero-order chi connectivity index (χ0) is 10.1. The van der Waals surface area contributed by atoms with E-state index in [4.69, 9.17) is 0 Å². The number of fused-ring (bicyclic) bond motifs is 1. The number of benzene rings is 1. The molecule has 0 aromatic heterocycles. The van der Waals surface area contributed by atoms with Crippen molar-refractivity contribution in [2.75, 3.05) is 18.5 Å². The highest BCUT2D eigenvalue weighted by molar-refractivity contribution is 6.00. The minimum absolute atomic E-state index is 0.159. The van der Waals surface area contributed by atoms with Crippen molar-refractivity contribution in [3.63, 3.8) is 0 Å². The molecule has 14 heavy (non-hydrogen) atoms. The molecule has 1 aliphatic heterocycles. The highest BCUT2D eigenvalue weighted by atomic mass is 16.1. The van der Waals surface area contributed by atoms with Crippen LogP contribution in [0.4, 0.5) is 5.69 Å². The Morgan fingerprint density at radius 1 is 1.36 bits per heavy atom. The topological polar surface area (TPSA) is 20.3 Å². The SMILES string of the molecule is CC(=O)C1=Cc2ccccc2N(C)C1. The Morgan fingerprint density at radius 3 is 2.79 bits per heavy atom. The lowest BCUT2D eigenvalue weighted by atomic mass is 10.0. The number of carbonyl (C=O) groups is 1. The number of ketones is 1. The molecule has 0 saturated heterocycles. The Morgan fingerprint density at radius 2 is 2.07 bits per heavy atom. The second-order valence-electron chi connectivity index (χ2n) is 3.64. The number of rotatable bonds is 1. The molecule has 2 rings (SSSR count). The summed E-state index contributed by atoms with van der Waals surface area (Å²) in [5, 5.41) is 0. The molecule has 0 unspecified atom stereocenters. The number of Topliss-reactive ketones (excluding diaryl/α,β-unsaturated/α-hetero) is 1. The highest BCUT2D eigenvalue weighted by Gasteiger charge is 2.16. The van der Waals surface area contributed by atoms with Gasteiger partial charge >= 0.3 is 0 Å². The van der Waals surface area contributed by atoms with Crippen molar-refractivity contribution in [1.82, 2.24) is 0 Å². The van der Waals surface area contributed by atoms with Gasteiger partial charge in [0.1, 0.15) is 0 Å². The lowest BCUT2D eigenvalue weighted by Crippen LogP contribution is -2.26. The van der Waals surface area contributed by atoms with Crippen molar-refractivity contribution in [2.45, 2.75) is 6.92 Å². The van der Waals surface area contributed by atoms with E-state index in [1.807, 2.05) is 31.3 Å². The van der Waals surface area contributed by atoms with E-state index >= 15 is 0 Å². The molecule has 1 aromatic carbocycles. The van der Waals surface area contributed by atoms with E-state index in [1.54, 1.807) is 6.92 Å². The number of anilines is 1. The third kappa shape index (κ3) is 1.43. The van der Waals surface area contributed by atoms with E-state index in [0.717, 1.165) is 11.1 Å².